The zero-order chi connectivity index (χ0) is 21.6. The van der Waals surface area contributed by atoms with Crippen molar-refractivity contribution in [2.45, 2.75) is 129 Å². The van der Waals surface area contributed by atoms with E-state index < -0.39 is 0 Å². The summed E-state index contributed by atoms with van der Waals surface area (Å²) in [6, 6.07) is 8.36. The number of benzene rings is 1. The molecular formula is C27H44O3. The SMILES string of the molecule is CCCCCCCCCCCC(=O)O[C@@H]1CCCC[C@H]1c1cccc(OC(C)C)c1. The third-order valence-electron chi connectivity index (χ3n) is 6.13. The third kappa shape index (κ3) is 9.53. The van der Waals surface area contributed by atoms with Gasteiger partial charge in [-0.3, -0.25) is 4.79 Å². The van der Waals surface area contributed by atoms with Crippen LogP contribution in [0, 0.1) is 0 Å². The highest BCUT2D eigenvalue weighted by atomic mass is 16.5. The average Bonchev–Trinajstić information content (AvgIpc) is 2.72. The Morgan fingerprint density at radius 1 is 0.967 bits per heavy atom. The number of unbranched alkanes of at least 4 members (excludes halogenated alkanes) is 8. The molecule has 0 amide bonds. The van der Waals surface area contributed by atoms with Gasteiger partial charge in [0.25, 0.3) is 0 Å². The average molecular weight is 417 g/mol. The monoisotopic (exact) mass is 416 g/mol. The second kappa shape index (κ2) is 14.5. The molecule has 2 rings (SSSR count). The molecule has 1 aliphatic carbocycles. The zero-order valence-corrected chi connectivity index (χ0v) is 19.7. The number of ether oxygens (including phenoxy) is 2. The smallest absolute Gasteiger partial charge is 0.306 e. The van der Waals surface area contributed by atoms with Gasteiger partial charge in [-0.2, -0.15) is 0 Å². The maximum atomic E-state index is 12.5. The Hall–Kier alpha value is -1.51. The van der Waals surface area contributed by atoms with Gasteiger partial charge >= 0.3 is 5.97 Å². The molecule has 170 valence electrons. The standard InChI is InChI=1S/C27H44O3/c1-4-5-6-7-8-9-10-11-12-20-27(28)30-26-19-14-13-18-25(26)23-16-15-17-24(21-23)29-22(2)3/h15-17,21-22,25-26H,4-14,18-20H2,1-3H3/t25-,26+/m0/s1. The van der Waals surface area contributed by atoms with Gasteiger partial charge in [0, 0.05) is 12.3 Å². The molecule has 0 unspecified atom stereocenters. The highest BCUT2D eigenvalue weighted by molar-refractivity contribution is 5.69. The lowest BCUT2D eigenvalue weighted by Gasteiger charge is -2.31. The summed E-state index contributed by atoms with van der Waals surface area (Å²) in [4.78, 5) is 12.5. The van der Waals surface area contributed by atoms with Crippen molar-refractivity contribution < 1.29 is 14.3 Å². The van der Waals surface area contributed by atoms with Crippen molar-refractivity contribution in [1.29, 1.82) is 0 Å². The largest absolute Gasteiger partial charge is 0.491 e. The fourth-order valence-corrected chi connectivity index (χ4v) is 4.52. The normalized spacial score (nSPS) is 19.1. The van der Waals surface area contributed by atoms with E-state index in [1.807, 2.05) is 19.9 Å². The van der Waals surface area contributed by atoms with Gasteiger partial charge in [-0.1, -0.05) is 76.8 Å². The summed E-state index contributed by atoms with van der Waals surface area (Å²) < 4.78 is 11.8. The number of hydrogen-bond donors (Lipinski definition) is 0. The Kier molecular flexibility index (Phi) is 12.0. The van der Waals surface area contributed by atoms with Crippen molar-refractivity contribution in [3.8, 4) is 5.75 Å². The van der Waals surface area contributed by atoms with E-state index in [1.165, 1.54) is 56.9 Å². The van der Waals surface area contributed by atoms with Gasteiger partial charge in [0.1, 0.15) is 11.9 Å². The molecule has 0 spiro atoms. The first-order chi connectivity index (χ1) is 14.6. The first kappa shape index (κ1) is 24.8. The van der Waals surface area contributed by atoms with E-state index in [9.17, 15) is 4.79 Å². The lowest BCUT2D eigenvalue weighted by molar-refractivity contribution is -0.151. The first-order valence-corrected chi connectivity index (χ1v) is 12.6. The summed E-state index contributed by atoms with van der Waals surface area (Å²) in [6.45, 7) is 6.35. The van der Waals surface area contributed by atoms with Crippen LogP contribution in [0.5, 0.6) is 5.75 Å². The third-order valence-corrected chi connectivity index (χ3v) is 6.13. The minimum absolute atomic E-state index is 0.00979. The zero-order valence-electron chi connectivity index (χ0n) is 19.7. The molecule has 0 aliphatic heterocycles. The predicted molar refractivity (Wildman–Crippen MR) is 125 cm³/mol. The molecule has 1 aliphatic rings. The Labute approximate surface area is 184 Å². The van der Waals surface area contributed by atoms with Crippen LogP contribution in [0.4, 0.5) is 0 Å². The molecule has 1 aromatic rings. The van der Waals surface area contributed by atoms with Crippen molar-refractivity contribution >= 4 is 5.97 Å². The summed E-state index contributed by atoms with van der Waals surface area (Å²) in [5.41, 5.74) is 1.24. The van der Waals surface area contributed by atoms with Crippen LogP contribution in [0.15, 0.2) is 24.3 Å². The van der Waals surface area contributed by atoms with E-state index in [2.05, 4.69) is 25.1 Å². The minimum atomic E-state index is -0.00979. The van der Waals surface area contributed by atoms with Crippen LogP contribution < -0.4 is 4.74 Å². The highest BCUT2D eigenvalue weighted by Gasteiger charge is 2.29. The Bertz CT molecular complexity index is 596. The summed E-state index contributed by atoms with van der Waals surface area (Å²) >= 11 is 0. The van der Waals surface area contributed by atoms with Gasteiger partial charge in [0.05, 0.1) is 6.10 Å². The van der Waals surface area contributed by atoms with Gasteiger partial charge in [-0.05, 0) is 57.2 Å². The molecule has 3 nitrogen and oxygen atoms in total. The van der Waals surface area contributed by atoms with Gasteiger partial charge in [0.2, 0.25) is 0 Å². The molecule has 1 saturated carbocycles. The number of carbonyl (C=O) groups excluding carboxylic acids is 1. The molecule has 30 heavy (non-hydrogen) atoms. The maximum absolute atomic E-state index is 12.5. The van der Waals surface area contributed by atoms with Crippen LogP contribution >= 0.6 is 0 Å². The minimum Gasteiger partial charge on any atom is -0.491 e. The molecule has 0 aromatic heterocycles. The molecule has 0 heterocycles. The number of esters is 1. The summed E-state index contributed by atoms with van der Waals surface area (Å²) in [6.07, 6.45) is 16.6. The number of hydrogen-bond acceptors (Lipinski definition) is 3. The lowest BCUT2D eigenvalue weighted by atomic mass is 9.81. The molecule has 0 radical (unpaired) electrons. The lowest BCUT2D eigenvalue weighted by Crippen LogP contribution is -2.28. The van der Waals surface area contributed by atoms with E-state index in [1.54, 1.807) is 0 Å². The quantitative estimate of drug-likeness (QED) is 0.228. The van der Waals surface area contributed by atoms with Crippen LogP contribution in [0.2, 0.25) is 0 Å². The number of rotatable bonds is 14. The second-order valence-corrected chi connectivity index (χ2v) is 9.24. The van der Waals surface area contributed by atoms with E-state index in [4.69, 9.17) is 9.47 Å². The molecule has 1 fully saturated rings. The van der Waals surface area contributed by atoms with Gasteiger partial charge in [-0.15, -0.1) is 0 Å². The van der Waals surface area contributed by atoms with Crippen molar-refractivity contribution in [3.63, 3.8) is 0 Å². The maximum Gasteiger partial charge on any atom is 0.306 e. The van der Waals surface area contributed by atoms with Crippen LogP contribution in [0.3, 0.4) is 0 Å². The second-order valence-electron chi connectivity index (χ2n) is 9.24. The van der Waals surface area contributed by atoms with Crippen molar-refractivity contribution in [2.75, 3.05) is 0 Å². The van der Waals surface area contributed by atoms with Crippen LogP contribution in [0.1, 0.15) is 122 Å². The van der Waals surface area contributed by atoms with E-state index in [0.717, 1.165) is 37.9 Å². The van der Waals surface area contributed by atoms with Gasteiger partial charge < -0.3 is 9.47 Å². The molecule has 0 saturated heterocycles. The fraction of sp³-hybridized carbons (Fsp3) is 0.741. The van der Waals surface area contributed by atoms with E-state index >= 15 is 0 Å². The van der Waals surface area contributed by atoms with Crippen molar-refractivity contribution in [2.24, 2.45) is 0 Å². The van der Waals surface area contributed by atoms with Gasteiger partial charge in [-0.25, -0.2) is 0 Å². The van der Waals surface area contributed by atoms with Crippen LogP contribution in [-0.4, -0.2) is 18.2 Å². The van der Waals surface area contributed by atoms with Crippen LogP contribution in [0.25, 0.3) is 0 Å². The first-order valence-electron chi connectivity index (χ1n) is 12.6. The topological polar surface area (TPSA) is 35.5 Å². The molecule has 0 bridgehead atoms. The molecule has 1 aromatic carbocycles. The Balaban J connectivity index is 1.72. The molecule has 0 N–H and O–H groups in total. The summed E-state index contributed by atoms with van der Waals surface area (Å²) in [5.74, 6) is 1.19. The summed E-state index contributed by atoms with van der Waals surface area (Å²) in [7, 11) is 0. The van der Waals surface area contributed by atoms with E-state index in [-0.39, 0.29) is 18.2 Å². The fourth-order valence-electron chi connectivity index (χ4n) is 4.52. The Morgan fingerprint density at radius 3 is 2.33 bits per heavy atom. The molecular weight excluding hydrogens is 372 g/mol. The Morgan fingerprint density at radius 2 is 1.63 bits per heavy atom. The summed E-state index contributed by atoms with van der Waals surface area (Å²) in [5, 5.41) is 0. The van der Waals surface area contributed by atoms with Crippen LogP contribution in [-0.2, 0) is 9.53 Å². The predicted octanol–water partition coefficient (Wildman–Crippen LogP) is 7.96. The van der Waals surface area contributed by atoms with Crippen molar-refractivity contribution in [1.82, 2.24) is 0 Å². The molecule has 3 heteroatoms. The molecule has 2 atom stereocenters. The van der Waals surface area contributed by atoms with Gasteiger partial charge in [0.15, 0.2) is 0 Å². The highest BCUT2D eigenvalue weighted by Crippen LogP contribution is 2.36. The number of carbonyl (C=O) groups is 1. The van der Waals surface area contributed by atoms with Crippen molar-refractivity contribution in [3.05, 3.63) is 29.8 Å². The van der Waals surface area contributed by atoms with E-state index in [0.29, 0.717) is 12.3 Å².